The van der Waals surface area contributed by atoms with Crippen molar-refractivity contribution in [3.63, 3.8) is 0 Å². The van der Waals surface area contributed by atoms with Crippen LogP contribution in [0.3, 0.4) is 0 Å². The summed E-state index contributed by atoms with van der Waals surface area (Å²) in [4.78, 5) is 20.9. The maximum Gasteiger partial charge on any atom is 0.230 e. The van der Waals surface area contributed by atoms with Gasteiger partial charge in [-0.3, -0.25) is 9.78 Å². The van der Waals surface area contributed by atoms with Gasteiger partial charge in [0, 0.05) is 23.3 Å². The van der Waals surface area contributed by atoms with Crippen molar-refractivity contribution in [3.05, 3.63) is 64.8 Å². The zero-order chi connectivity index (χ0) is 17.1. The van der Waals surface area contributed by atoms with Crippen LogP contribution in [0.1, 0.15) is 29.5 Å². The SMILES string of the molecule is O=C(Cc1ccc2c(c1)CCCC2)Nc1nc(-c2cccnc2)cs1. The van der Waals surface area contributed by atoms with E-state index in [0.717, 1.165) is 29.7 Å². The van der Waals surface area contributed by atoms with Gasteiger partial charge in [0.15, 0.2) is 5.13 Å². The highest BCUT2D eigenvalue weighted by molar-refractivity contribution is 7.14. The van der Waals surface area contributed by atoms with Crippen molar-refractivity contribution in [2.45, 2.75) is 32.1 Å². The Bertz CT molecular complexity index is 889. The maximum absolute atomic E-state index is 12.3. The molecule has 1 aliphatic rings. The topological polar surface area (TPSA) is 54.9 Å². The molecule has 1 aromatic carbocycles. The van der Waals surface area contributed by atoms with E-state index in [1.165, 1.54) is 35.3 Å². The van der Waals surface area contributed by atoms with Crippen LogP contribution in [0.5, 0.6) is 0 Å². The number of rotatable bonds is 4. The average molecular weight is 349 g/mol. The third kappa shape index (κ3) is 3.77. The number of aromatic nitrogens is 2. The van der Waals surface area contributed by atoms with Crippen molar-refractivity contribution < 1.29 is 4.79 Å². The van der Waals surface area contributed by atoms with Crippen molar-refractivity contribution in [1.29, 1.82) is 0 Å². The number of anilines is 1. The molecule has 0 saturated carbocycles. The van der Waals surface area contributed by atoms with E-state index in [0.29, 0.717) is 11.6 Å². The minimum Gasteiger partial charge on any atom is -0.302 e. The van der Waals surface area contributed by atoms with Crippen molar-refractivity contribution >= 4 is 22.4 Å². The van der Waals surface area contributed by atoms with E-state index in [-0.39, 0.29) is 5.91 Å². The molecule has 1 aliphatic carbocycles. The van der Waals surface area contributed by atoms with Crippen LogP contribution >= 0.6 is 11.3 Å². The predicted molar refractivity (Wildman–Crippen MR) is 101 cm³/mol. The third-order valence-corrected chi connectivity index (χ3v) is 5.24. The Balaban J connectivity index is 1.42. The molecule has 0 unspecified atom stereocenters. The van der Waals surface area contributed by atoms with Crippen molar-refractivity contribution in [2.24, 2.45) is 0 Å². The molecule has 1 amide bonds. The molecule has 0 bridgehead atoms. The quantitative estimate of drug-likeness (QED) is 0.765. The Kier molecular flexibility index (Phi) is 4.57. The number of hydrogen-bond acceptors (Lipinski definition) is 4. The second kappa shape index (κ2) is 7.15. The fourth-order valence-electron chi connectivity index (χ4n) is 3.22. The first kappa shape index (κ1) is 16.0. The van der Waals surface area contributed by atoms with Gasteiger partial charge in [-0.2, -0.15) is 0 Å². The molecule has 2 aromatic heterocycles. The van der Waals surface area contributed by atoms with E-state index in [1.807, 2.05) is 17.5 Å². The highest BCUT2D eigenvalue weighted by Gasteiger charge is 2.12. The number of carbonyl (C=O) groups excluding carboxylic acids is 1. The zero-order valence-electron chi connectivity index (χ0n) is 13.9. The number of hydrogen-bond donors (Lipinski definition) is 1. The molecule has 126 valence electrons. The first-order valence-electron chi connectivity index (χ1n) is 8.54. The van der Waals surface area contributed by atoms with E-state index in [2.05, 4.69) is 33.5 Å². The summed E-state index contributed by atoms with van der Waals surface area (Å²) in [5.74, 6) is -0.0251. The van der Waals surface area contributed by atoms with E-state index >= 15 is 0 Å². The summed E-state index contributed by atoms with van der Waals surface area (Å²) in [5, 5.41) is 5.47. The van der Waals surface area contributed by atoms with Crippen LogP contribution in [0.2, 0.25) is 0 Å². The minimum absolute atomic E-state index is 0.0251. The molecule has 3 aromatic rings. The molecule has 1 N–H and O–H groups in total. The summed E-state index contributed by atoms with van der Waals surface area (Å²) >= 11 is 1.44. The lowest BCUT2D eigenvalue weighted by Gasteiger charge is -2.16. The smallest absolute Gasteiger partial charge is 0.230 e. The molecule has 5 heteroatoms. The van der Waals surface area contributed by atoms with Crippen LogP contribution in [-0.2, 0) is 24.1 Å². The standard InChI is InChI=1S/C20H19N3OS/c24-19(11-14-7-8-15-4-1-2-5-16(15)10-14)23-20-22-18(13-25-20)17-6-3-9-21-12-17/h3,6-10,12-13H,1-2,4-5,11H2,(H,22,23,24). The second-order valence-corrected chi connectivity index (χ2v) is 7.17. The molecule has 2 heterocycles. The summed E-state index contributed by atoms with van der Waals surface area (Å²) in [6, 6.07) is 10.3. The van der Waals surface area contributed by atoms with Gasteiger partial charge < -0.3 is 5.32 Å². The zero-order valence-corrected chi connectivity index (χ0v) is 14.7. The number of amides is 1. The first-order chi connectivity index (χ1) is 12.3. The van der Waals surface area contributed by atoms with Gasteiger partial charge in [-0.15, -0.1) is 11.3 Å². The second-order valence-electron chi connectivity index (χ2n) is 6.31. The molecule has 4 nitrogen and oxygen atoms in total. The van der Waals surface area contributed by atoms with Gasteiger partial charge in [-0.05, 0) is 54.5 Å². The summed E-state index contributed by atoms with van der Waals surface area (Å²) < 4.78 is 0. The van der Waals surface area contributed by atoms with Crippen LogP contribution in [0.4, 0.5) is 5.13 Å². The fraction of sp³-hybridized carbons (Fsp3) is 0.250. The van der Waals surface area contributed by atoms with E-state index < -0.39 is 0 Å². The molecule has 0 radical (unpaired) electrons. The lowest BCUT2D eigenvalue weighted by molar-refractivity contribution is -0.115. The Morgan fingerprint density at radius 2 is 2.04 bits per heavy atom. The molecule has 0 atom stereocenters. The summed E-state index contributed by atoms with van der Waals surface area (Å²) in [7, 11) is 0. The molecule has 4 rings (SSSR count). The van der Waals surface area contributed by atoms with Gasteiger partial charge in [0.05, 0.1) is 12.1 Å². The maximum atomic E-state index is 12.3. The molecular weight excluding hydrogens is 330 g/mol. The van der Waals surface area contributed by atoms with Crippen molar-refractivity contribution in [2.75, 3.05) is 5.32 Å². The van der Waals surface area contributed by atoms with Gasteiger partial charge in [0.1, 0.15) is 0 Å². The summed E-state index contributed by atoms with van der Waals surface area (Å²) in [6.07, 6.45) is 8.71. The van der Waals surface area contributed by atoms with Crippen LogP contribution in [0.15, 0.2) is 48.1 Å². The van der Waals surface area contributed by atoms with Gasteiger partial charge >= 0.3 is 0 Å². The highest BCUT2D eigenvalue weighted by atomic mass is 32.1. The van der Waals surface area contributed by atoms with Crippen LogP contribution < -0.4 is 5.32 Å². The number of thiazole rings is 1. The Hall–Kier alpha value is -2.53. The Labute approximate surface area is 151 Å². The lowest BCUT2D eigenvalue weighted by atomic mass is 9.90. The summed E-state index contributed by atoms with van der Waals surface area (Å²) in [6.45, 7) is 0. The normalized spacial score (nSPS) is 13.3. The fourth-order valence-corrected chi connectivity index (χ4v) is 3.96. The van der Waals surface area contributed by atoms with E-state index in [1.54, 1.807) is 12.4 Å². The van der Waals surface area contributed by atoms with E-state index in [9.17, 15) is 4.79 Å². The third-order valence-electron chi connectivity index (χ3n) is 4.49. The van der Waals surface area contributed by atoms with E-state index in [4.69, 9.17) is 0 Å². The predicted octanol–water partition coefficient (Wildman–Crippen LogP) is 4.27. The molecule has 0 fully saturated rings. The van der Waals surface area contributed by atoms with Crippen LogP contribution in [0, 0.1) is 0 Å². The minimum atomic E-state index is -0.0251. The number of benzene rings is 1. The van der Waals surface area contributed by atoms with Crippen LogP contribution in [0.25, 0.3) is 11.3 Å². The van der Waals surface area contributed by atoms with Gasteiger partial charge in [-0.1, -0.05) is 18.2 Å². The molecular formula is C20H19N3OS. The number of pyridine rings is 1. The lowest BCUT2D eigenvalue weighted by Crippen LogP contribution is -2.15. The number of carbonyl (C=O) groups is 1. The average Bonchev–Trinajstić information content (AvgIpc) is 3.10. The first-order valence-corrected chi connectivity index (χ1v) is 9.42. The largest absolute Gasteiger partial charge is 0.302 e. The van der Waals surface area contributed by atoms with Crippen LogP contribution in [-0.4, -0.2) is 15.9 Å². The Morgan fingerprint density at radius 1 is 1.16 bits per heavy atom. The number of fused-ring (bicyclic) bond motifs is 1. The molecule has 0 aliphatic heterocycles. The van der Waals surface area contributed by atoms with Gasteiger partial charge in [0.2, 0.25) is 5.91 Å². The molecule has 25 heavy (non-hydrogen) atoms. The number of nitrogens with one attached hydrogen (secondary N) is 1. The monoisotopic (exact) mass is 349 g/mol. The number of aryl methyl sites for hydroxylation is 2. The van der Waals surface area contributed by atoms with Gasteiger partial charge in [-0.25, -0.2) is 4.98 Å². The van der Waals surface area contributed by atoms with Crippen molar-refractivity contribution in [1.82, 2.24) is 9.97 Å². The number of nitrogens with zero attached hydrogens (tertiary/aromatic N) is 2. The Morgan fingerprint density at radius 3 is 2.88 bits per heavy atom. The molecule has 0 saturated heterocycles. The van der Waals surface area contributed by atoms with Crippen molar-refractivity contribution in [3.8, 4) is 11.3 Å². The summed E-state index contributed by atoms with van der Waals surface area (Å²) in [5.41, 5.74) is 5.71. The highest BCUT2D eigenvalue weighted by Crippen LogP contribution is 2.25. The van der Waals surface area contributed by atoms with Gasteiger partial charge in [0.25, 0.3) is 0 Å². The molecule has 0 spiro atoms.